The molecule has 1 aromatic rings. The van der Waals surface area contributed by atoms with Crippen LogP contribution in [0.5, 0.6) is 5.75 Å². The Labute approximate surface area is 81.3 Å². The fourth-order valence-electron chi connectivity index (χ4n) is 0.905. The van der Waals surface area contributed by atoms with E-state index in [-0.39, 0.29) is 5.75 Å². The Kier molecular flexibility index (Phi) is 3.89. The molecule has 0 aliphatic rings. The van der Waals surface area contributed by atoms with Crippen LogP contribution in [0, 0.1) is 5.82 Å². The number of thioether (sulfide) groups is 1. The van der Waals surface area contributed by atoms with Crippen LogP contribution in [0.1, 0.15) is 0 Å². The van der Waals surface area contributed by atoms with E-state index in [9.17, 15) is 4.39 Å². The summed E-state index contributed by atoms with van der Waals surface area (Å²) in [6.45, 7) is 0.478. The first-order chi connectivity index (χ1) is 6.25. The first-order valence-corrected chi connectivity index (χ1v) is 5.31. The average Bonchev–Trinajstić information content (AvgIpc) is 2.10. The van der Waals surface area contributed by atoms with Crippen molar-refractivity contribution < 1.29 is 9.13 Å². The number of hydrogen-bond donors (Lipinski definition) is 1. The molecule has 0 heterocycles. The minimum Gasteiger partial charge on any atom is -0.487 e. The van der Waals surface area contributed by atoms with Crippen molar-refractivity contribution in [1.29, 1.82) is 0 Å². The molecule has 2 nitrogen and oxygen atoms in total. The summed E-state index contributed by atoms with van der Waals surface area (Å²) in [5, 5.41) is 0. The average molecular weight is 201 g/mol. The number of halogens is 1. The van der Waals surface area contributed by atoms with Crippen LogP contribution in [-0.2, 0) is 0 Å². The maximum absolute atomic E-state index is 13.1. The Balaban J connectivity index is 2.64. The molecule has 0 aliphatic carbocycles. The maximum atomic E-state index is 13.1. The van der Waals surface area contributed by atoms with Crippen molar-refractivity contribution >= 4 is 17.4 Å². The molecule has 2 N–H and O–H groups in total. The third kappa shape index (κ3) is 2.81. The van der Waals surface area contributed by atoms with Crippen LogP contribution in [-0.4, -0.2) is 18.6 Å². The van der Waals surface area contributed by atoms with Crippen LogP contribution >= 0.6 is 11.8 Å². The van der Waals surface area contributed by atoms with Gasteiger partial charge in [0.15, 0.2) is 11.6 Å². The SMILES string of the molecule is CSCCOc1c(N)cccc1F. The molecule has 13 heavy (non-hydrogen) atoms. The second kappa shape index (κ2) is 4.97. The van der Waals surface area contributed by atoms with Gasteiger partial charge in [0.25, 0.3) is 0 Å². The van der Waals surface area contributed by atoms with Gasteiger partial charge in [0.2, 0.25) is 0 Å². The lowest BCUT2D eigenvalue weighted by molar-refractivity contribution is 0.327. The summed E-state index contributed by atoms with van der Waals surface area (Å²) in [5.74, 6) is 0.589. The van der Waals surface area contributed by atoms with Crippen LogP contribution in [0.4, 0.5) is 10.1 Å². The van der Waals surface area contributed by atoms with E-state index in [0.29, 0.717) is 12.3 Å². The van der Waals surface area contributed by atoms with Gasteiger partial charge in [0.05, 0.1) is 12.3 Å². The summed E-state index contributed by atoms with van der Waals surface area (Å²) in [7, 11) is 0. The van der Waals surface area contributed by atoms with E-state index in [4.69, 9.17) is 10.5 Å². The molecule has 0 bridgehead atoms. The number of para-hydroxylation sites is 1. The van der Waals surface area contributed by atoms with Gasteiger partial charge >= 0.3 is 0 Å². The Morgan fingerprint density at radius 1 is 1.54 bits per heavy atom. The van der Waals surface area contributed by atoms with Crippen molar-refractivity contribution in [3.8, 4) is 5.75 Å². The van der Waals surface area contributed by atoms with Crippen molar-refractivity contribution in [2.75, 3.05) is 24.3 Å². The molecule has 0 fully saturated rings. The van der Waals surface area contributed by atoms with Crippen LogP contribution in [0.2, 0.25) is 0 Å². The molecule has 0 radical (unpaired) electrons. The fourth-order valence-corrected chi connectivity index (χ4v) is 1.15. The number of ether oxygens (including phenoxy) is 1. The zero-order chi connectivity index (χ0) is 9.68. The van der Waals surface area contributed by atoms with Crippen LogP contribution in [0.15, 0.2) is 18.2 Å². The van der Waals surface area contributed by atoms with E-state index >= 15 is 0 Å². The van der Waals surface area contributed by atoms with Crippen molar-refractivity contribution in [2.45, 2.75) is 0 Å². The molecule has 0 spiro atoms. The smallest absolute Gasteiger partial charge is 0.177 e. The lowest BCUT2D eigenvalue weighted by atomic mass is 10.3. The van der Waals surface area contributed by atoms with Gasteiger partial charge in [-0.15, -0.1) is 0 Å². The van der Waals surface area contributed by atoms with Gasteiger partial charge in [-0.2, -0.15) is 11.8 Å². The molecular weight excluding hydrogens is 189 g/mol. The number of nitrogens with two attached hydrogens (primary N) is 1. The van der Waals surface area contributed by atoms with Crippen LogP contribution in [0.25, 0.3) is 0 Å². The molecule has 0 aliphatic heterocycles. The summed E-state index contributed by atoms with van der Waals surface area (Å²) < 4.78 is 18.3. The Bertz CT molecular complexity index is 260. The third-order valence-corrected chi connectivity index (χ3v) is 2.11. The summed E-state index contributed by atoms with van der Waals surface area (Å²) >= 11 is 1.64. The van der Waals surface area contributed by atoms with E-state index in [1.165, 1.54) is 6.07 Å². The summed E-state index contributed by atoms with van der Waals surface area (Å²) in [4.78, 5) is 0. The molecule has 1 aromatic carbocycles. The number of benzene rings is 1. The van der Waals surface area contributed by atoms with Gasteiger partial charge in [-0.25, -0.2) is 4.39 Å². The number of rotatable bonds is 4. The van der Waals surface area contributed by atoms with Gasteiger partial charge < -0.3 is 10.5 Å². The van der Waals surface area contributed by atoms with E-state index in [0.717, 1.165) is 5.75 Å². The largest absolute Gasteiger partial charge is 0.487 e. The molecule has 0 saturated carbocycles. The minimum absolute atomic E-state index is 0.163. The fraction of sp³-hybridized carbons (Fsp3) is 0.333. The van der Waals surface area contributed by atoms with E-state index in [1.54, 1.807) is 23.9 Å². The highest BCUT2D eigenvalue weighted by Crippen LogP contribution is 2.24. The summed E-state index contributed by atoms with van der Waals surface area (Å²) in [6, 6.07) is 4.52. The summed E-state index contributed by atoms with van der Waals surface area (Å²) in [5.41, 5.74) is 5.88. The predicted molar refractivity (Wildman–Crippen MR) is 54.7 cm³/mol. The quantitative estimate of drug-likeness (QED) is 0.599. The highest BCUT2D eigenvalue weighted by molar-refractivity contribution is 7.98. The first kappa shape index (κ1) is 10.2. The van der Waals surface area contributed by atoms with Gasteiger partial charge in [-0.1, -0.05) is 6.07 Å². The molecule has 1 rings (SSSR count). The molecule has 0 aromatic heterocycles. The summed E-state index contributed by atoms with van der Waals surface area (Å²) in [6.07, 6.45) is 1.97. The number of anilines is 1. The van der Waals surface area contributed by atoms with E-state index in [2.05, 4.69) is 0 Å². The maximum Gasteiger partial charge on any atom is 0.177 e. The van der Waals surface area contributed by atoms with Gasteiger partial charge in [-0.05, 0) is 18.4 Å². The van der Waals surface area contributed by atoms with Crippen molar-refractivity contribution in [3.63, 3.8) is 0 Å². The van der Waals surface area contributed by atoms with Crippen LogP contribution < -0.4 is 10.5 Å². The number of hydrogen-bond acceptors (Lipinski definition) is 3. The topological polar surface area (TPSA) is 35.2 Å². The molecule has 0 unspecified atom stereocenters. The number of nitrogen functional groups attached to an aromatic ring is 1. The molecule has 0 amide bonds. The normalized spacial score (nSPS) is 10.0. The lowest BCUT2D eigenvalue weighted by Crippen LogP contribution is -2.03. The molecule has 4 heteroatoms. The first-order valence-electron chi connectivity index (χ1n) is 3.91. The highest BCUT2D eigenvalue weighted by atomic mass is 32.2. The zero-order valence-electron chi connectivity index (χ0n) is 7.42. The minimum atomic E-state index is -0.402. The third-order valence-electron chi connectivity index (χ3n) is 1.53. The Morgan fingerprint density at radius 2 is 2.31 bits per heavy atom. The Hall–Kier alpha value is -0.900. The van der Waals surface area contributed by atoms with Crippen LogP contribution in [0.3, 0.4) is 0 Å². The molecular formula is C9H12FNOS. The second-order valence-corrected chi connectivity index (χ2v) is 3.49. The molecule has 72 valence electrons. The Morgan fingerprint density at radius 3 is 2.92 bits per heavy atom. The van der Waals surface area contributed by atoms with E-state index < -0.39 is 5.82 Å². The molecule has 0 saturated heterocycles. The monoisotopic (exact) mass is 201 g/mol. The van der Waals surface area contributed by atoms with Crippen molar-refractivity contribution in [3.05, 3.63) is 24.0 Å². The van der Waals surface area contributed by atoms with Crippen molar-refractivity contribution in [1.82, 2.24) is 0 Å². The van der Waals surface area contributed by atoms with Gasteiger partial charge in [-0.3, -0.25) is 0 Å². The standard InChI is InChI=1S/C9H12FNOS/c1-13-6-5-12-9-7(10)3-2-4-8(9)11/h2-4H,5-6,11H2,1H3. The van der Waals surface area contributed by atoms with E-state index in [1.807, 2.05) is 6.26 Å². The van der Waals surface area contributed by atoms with Gasteiger partial charge in [0, 0.05) is 5.75 Å². The molecule has 0 atom stereocenters. The zero-order valence-corrected chi connectivity index (χ0v) is 8.23. The predicted octanol–water partition coefficient (Wildman–Crippen LogP) is 2.15. The second-order valence-electron chi connectivity index (χ2n) is 2.50. The van der Waals surface area contributed by atoms with Gasteiger partial charge in [0.1, 0.15) is 0 Å². The highest BCUT2D eigenvalue weighted by Gasteiger charge is 2.05. The lowest BCUT2D eigenvalue weighted by Gasteiger charge is -2.08. The van der Waals surface area contributed by atoms with Crippen molar-refractivity contribution in [2.24, 2.45) is 0 Å².